The summed E-state index contributed by atoms with van der Waals surface area (Å²) in [6.07, 6.45) is 4.57. The molecule has 0 fully saturated rings. The largest absolute Gasteiger partial charge is 0.496 e. The van der Waals surface area contributed by atoms with Crippen molar-refractivity contribution in [3.63, 3.8) is 0 Å². The average molecular weight is 361 g/mol. The number of halogens is 1. The van der Waals surface area contributed by atoms with Gasteiger partial charge in [0.15, 0.2) is 0 Å². The number of fused-ring (bicyclic) bond motifs is 1. The summed E-state index contributed by atoms with van der Waals surface area (Å²) < 4.78 is 6.39. The van der Waals surface area contributed by atoms with E-state index < -0.39 is 5.97 Å². The van der Waals surface area contributed by atoms with Crippen LogP contribution in [0.25, 0.3) is 0 Å². The van der Waals surface area contributed by atoms with Gasteiger partial charge in [-0.05, 0) is 42.7 Å². The lowest BCUT2D eigenvalue weighted by atomic mass is 10.1. The number of carbonyl (C=O) groups excluding carboxylic acids is 1. The molecule has 2 aromatic rings. The number of benzene rings is 1. The number of rotatable bonds is 3. The second-order valence-electron chi connectivity index (χ2n) is 4.76. The van der Waals surface area contributed by atoms with Crippen LogP contribution in [-0.4, -0.2) is 23.8 Å². The van der Waals surface area contributed by atoms with E-state index in [1.807, 2.05) is 12.1 Å². The number of aromatic nitrogens is 1. The van der Waals surface area contributed by atoms with Gasteiger partial charge in [0.05, 0.1) is 18.4 Å². The highest BCUT2D eigenvalue weighted by Crippen LogP contribution is 2.36. The zero-order chi connectivity index (χ0) is 15.5. The molecule has 3 rings (SSSR count). The maximum absolute atomic E-state index is 11.9. The summed E-state index contributed by atoms with van der Waals surface area (Å²) in [7, 11) is 1.61. The second-order valence-corrected chi connectivity index (χ2v) is 5.62. The standard InChI is InChI=1S/C16H13BrN2O3/c1-21-14-7-5-12(17)11-4-6-13(15(11)14)19-22-16(20)10-3-2-8-18-9-10/h2-3,5,7-9H,4,6H2,1H3/b19-13+. The van der Waals surface area contributed by atoms with Crippen LogP contribution in [-0.2, 0) is 11.3 Å². The van der Waals surface area contributed by atoms with E-state index in [-0.39, 0.29) is 0 Å². The van der Waals surface area contributed by atoms with Crippen LogP contribution in [0, 0.1) is 0 Å². The van der Waals surface area contributed by atoms with Crippen LogP contribution in [0.15, 0.2) is 46.3 Å². The highest BCUT2D eigenvalue weighted by molar-refractivity contribution is 9.10. The minimum absolute atomic E-state index is 0.367. The molecule has 6 heteroatoms. The van der Waals surface area contributed by atoms with Crippen LogP contribution in [0.1, 0.15) is 27.9 Å². The van der Waals surface area contributed by atoms with Gasteiger partial charge in [-0.1, -0.05) is 21.1 Å². The summed E-state index contributed by atoms with van der Waals surface area (Å²) in [4.78, 5) is 20.9. The molecule has 0 radical (unpaired) electrons. The predicted octanol–water partition coefficient (Wildman–Crippen LogP) is 3.36. The third kappa shape index (κ3) is 2.74. The summed E-state index contributed by atoms with van der Waals surface area (Å²) in [6.45, 7) is 0. The topological polar surface area (TPSA) is 60.8 Å². The Bertz CT molecular complexity index is 745. The molecule has 1 aromatic heterocycles. The molecule has 0 N–H and O–H groups in total. The zero-order valence-corrected chi connectivity index (χ0v) is 13.5. The van der Waals surface area contributed by atoms with Crippen molar-refractivity contribution in [1.82, 2.24) is 4.98 Å². The van der Waals surface area contributed by atoms with E-state index in [0.29, 0.717) is 17.7 Å². The fourth-order valence-electron chi connectivity index (χ4n) is 2.42. The Balaban J connectivity index is 1.87. The summed E-state index contributed by atoms with van der Waals surface area (Å²) in [5.41, 5.74) is 3.10. The van der Waals surface area contributed by atoms with E-state index in [1.165, 1.54) is 6.20 Å². The Morgan fingerprint density at radius 1 is 1.32 bits per heavy atom. The number of carbonyl (C=O) groups is 1. The van der Waals surface area contributed by atoms with Gasteiger partial charge in [0.25, 0.3) is 0 Å². The first-order valence-electron chi connectivity index (χ1n) is 6.74. The number of methoxy groups -OCH3 is 1. The molecule has 0 aliphatic heterocycles. The quantitative estimate of drug-likeness (QED) is 0.621. The van der Waals surface area contributed by atoms with Gasteiger partial charge in [0.2, 0.25) is 0 Å². The average Bonchev–Trinajstić information content (AvgIpc) is 2.99. The number of hydrogen-bond acceptors (Lipinski definition) is 5. The summed E-state index contributed by atoms with van der Waals surface area (Å²) >= 11 is 3.53. The van der Waals surface area contributed by atoms with Crippen molar-refractivity contribution in [2.45, 2.75) is 12.8 Å². The van der Waals surface area contributed by atoms with Crippen LogP contribution in [0.3, 0.4) is 0 Å². The summed E-state index contributed by atoms with van der Waals surface area (Å²) in [5, 5.41) is 4.03. The van der Waals surface area contributed by atoms with E-state index in [2.05, 4.69) is 26.1 Å². The molecule has 0 saturated heterocycles. The Morgan fingerprint density at radius 3 is 2.91 bits per heavy atom. The summed E-state index contributed by atoms with van der Waals surface area (Å²) in [6, 6.07) is 7.12. The first-order chi connectivity index (χ1) is 10.7. The van der Waals surface area contributed by atoms with E-state index >= 15 is 0 Å². The number of oxime groups is 1. The molecule has 112 valence electrons. The number of nitrogens with zero attached hydrogens (tertiary/aromatic N) is 2. The van der Waals surface area contributed by atoms with E-state index in [4.69, 9.17) is 9.57 Å². The SMILES string of the molecule is COc1ccc(Br)c2c1/C(=N/OC(=O)c1cccnc1)CC2. The van der Waals surface area contributed by atoms with Crippen LogP contribution >= 0.6 is 15.9 Å². The van der Waals surface area contributed by atoms with Gasteiger partial charge in [-0.15, -0.1) is 0 Å². The van der Waals surface area contributed by atoms with E-state index in [1.54, 1.807) is 25.4 Å². The first kappa shape index (κ1) is 14.7. The zero-order valence-electron chi connectivity index (χ0n) is 11.9. The monoisotopic (exact) mass is 360 g/mol. The highest BCUT2D eigenvalue weighted by Gasteiger charge is 2.25. The molecule has 0 atom stereocenters. The molecule has 1 aromatic carbocycles. The number of pyridine rings is 1. The molecule has 1 heterocycles. The van der Waals surface area contributed by atoms with Crippen molar-refractivity contribution in [3.8, 4) is 5.75 Å². The molecule has 22 heavy (non-hydrogen) atoms. The van der Waals surface area contributed by atoms with Gasteiger partial charge >= 0.3 is 5.97 Å². The maximum Gasteiger partial charge on any atom is 0.367 e. The van der Waals surface area contributed by atoms with Crippen LogP contribution in [0.5, 0.6) is 5.75 Å². The molecular formula is C16H13BrN2O3. The third-order valence-corrected chi connectivity index (χ3v) is 4.22. The lowest BCUT2D eigenvalue weighted by molar-refractivity contribution is 0.0515. The van der Waals surface area contributed by atoms with Crippen LogP contribution in [0.2, 0.25) is 0 Å². The molecule has 0 saturated carbocycles. The predicted molar refractivity (Wildman–Crippen MR) is 85.2 cm³/mol. The molecule has 0 spiro atoms. The molecule has 0 amide bonds. The second kappa shape index (κ2) is 6.27. The Kier molecular flexibility index (Phi) is 4.20. The smallest absolute Gasteiger partial charge is 0.367 e. The molecule has 5 nitrogen and oxygen atoms in total. The molecule has 1 aliphatic carbocycles. The number of hydrogen-bond donors (Lipinski definition) is 0. The fraction of sp³-hybridized carbons (Fsp3) is 0.188. The van der Waals surface area contributed by atoms with Crippen molar-refractivity contribution < 1.29 is 14.4 Å². The minimum Gasteiger partial charge on any atom is -0.496 e. The van der Waals surface area contributed by atoms with E-state index in [0.717, 1.165) is 27.8 Å². The van der Waals surface area contributed by atoms with Gasteiger partial charge in [-0.25, -0.2) is 4.79 Å². The van der Waals surface area contributed by atoms with E-state index in [9.17, 15) is 4.79 Å². The normalized spacial score (nSPS) is 14.7. The minimum atomic E-state index is -0.525. The van der Waals surface area contributed by atoms with Gasteiger partial charge in [0, 0.05) is 22.4 Å². The molecular weight excluding hydrogens is 348 g/mol. The van der Waals surface area contributed by atoms with Crippen molar-refractivity contribution in [1.29, 1.82) is 0 Å². The third-order valence-electron chi connectivity index (χ3n) is 3.47. The lowest BCUT2D eigenvalue weighted by Gasteiger charge is -2.09. The van der Waals surface area contributed by atoms with Crippen molar-refractivity contribution in [2.24, 2.45) is 5.16 Å². The van der Waals surface area contributed by atoms with Crippen molar-refractivity contribution in [3.05, 3.63) is 57.8 Å². The van der Waals surface area contributed by atoms with Gasteiger partial charge in [0.1, 0.15) is 5.75 Å². The van der Waals surface area contributed by atoms with Crippen LogP contribution in [0.4, 0.5) is 0 Å². The van der Waals surface area contributed by atoms with Gasteiger partial charge in [-0.3, -0.25) is 4.98 Å². The number of ether oxygens (including phenoxy) is 1. The van der Waals surface area contributed by atoms with Crippen molar-refractivity contribution >= 4 is 27.6 Å². The fourth-order valence-corrected chi connectivity index (χ4v) is 2.95. The Morgan fingerprint density at radius 2 is 2.18 bits per heavy atom. The Labute approximate surface area is 136 Å². The van der Waals surface area contributed by atoms with Gasteiger partial charge in [-0.2, -0.15) is 0 Å². The lowest BCUT2D eigenvalue weighted by Crippen LogP contribution is -2.05. The maximum atomic E-state index is 11.9. The summed E-state index contributed by atoms with van der Waals surface area (Å²) in [5.74, 6) is 0.204. The molecule has 1 aliphatic rings. The first-order valence-corrected chi connectivity index (χ1v) is 7.54. The molecule has 0 unspecified atom stereocenters. The Hall–Kier alpha value is -2.21. The molecule has 0 bridgehead atoms. The highest BCUT2D eigenvalue weighted by atomic mass is 79.9. The van der Waals surface area contributed by atoms with Crippen LogP contribution < -0.4 is 4.74 Å². The van der Waals surface area contributed by atoms with Gasteiger partial charge < -0.3 is 9.57 Å². The van der Waals surface area contributed by atoms with Crippen molar-refractivity contribution in [2.75, 3.05) is 7.11 Å².